The molecule has 0 fully saturated rings. The van der Waals surface area contributed by atoms with Crippen molar-refractivity contribution in [2.45, 2.75) is 30.9 Å². The highest BCUT2D eigenvalue weighted by molar-refractivity contribution is 9.10. The van der Waals surface area contributed by atoms with Crippen molar-refractivity contribution in [3.8, 4) is 5.75 Å². The predicted octanol–water partition coefficient (Wildman–Crippen LogP) is 6.48. The van der Waals surface area contributed by atoms with Crippen LogP contribution >= 0.6 is 31.9 Å². The lowest BCUT2D eigenvalue weighted by Gasteiger charge is -2.31. The second kappa shape index (κ2) is 14.9. The Morgan fingerprint density at radius 2 is 1.73 bits per heavy atom. The molecule has 0 aromatic heterocycles. The number of aliphatic hydroxyl groups is 1. The SMILES string of the molecule is O=C(NNCCc1cccc(F)c1)[C@@]1(Cc2ccccc2Br)N=C(c2ccc(OCCCO)cc2)O[C@H]1c1ccccc1Br. The van der Waals surface area contributed by atoms with Gasteiger partial charge in [0.2, 0.25) is 5.90 Å². The molecule has 1 aliphatic rings. The number of aliphatic hydroxyl groups excluding tert-OH is 1. The summed E-state index contributed by atoms with van der Waals surface area (Å²) in [4.78, 5) is 19.4. The smallest absolute Gasteiger partial charge is 0.266 e. The van der Waals surface area contributed by atoms with E-state index in [1.54, 1.807) is 6.07 Å². The average Bonchev–Trinajstić information content (AvgIpc) is 3.41. The zero-order chi connectivity index (χ0) is 30.9. The summed E-state index contributed by atoms with van der Waals surface area (Å²) in [6.07, 6.45) is 0.518. The van der Waals surface area contributed by atoms with Gasteiger partial charge in [-0.2, -0.15) is 0 Å². The maximum absolute atomic E-state index is 14.3. The topological polar surface area (TPSA) is 92.2 Å². The van der Waals surface area contributed by atoms with Crippen molar-refractivity contribution in [2.75, 3.05) is 19.8 Å². The molecule has 0 unspecified atom stereocenters. The average molecular weight is 725 g/mol. The van der Waals surface area contributed by atoms with Crippen molar-refractivity contribution in [2.24, 2.45) is 4.99 Å². The number of nitrogens with one attached hydrogen (secondary N) is 2. The molecular formula is C34H32Br2FN3O4. The van der Waals surface area contributed by atoms with Gasteiger partial charge in [-0.3, -0.25) is 10.2 Å². The molecule has 0 aliphatic carbocycles. The number of carbonyl (C=O) groups is 1. The summed E-state index contributed by atoms with van der Waals surface area (Å²) in [6.45, 7) is 0.842. The molecule has 0 saturated heterocycles. The molecule has 4 aromatic carbocycles. The Morgan fingerprint density at radius 1 is 0.977 bits per heavy atom. The fraction of sp³-hybridized carbons (Fsp3) is 0.235. The van der Waals surface area contributed by atoms with Crippen LogP contribution < -0.4 is 15.6 Å². The lowest BCUT2D eigenvalue weighted by Crippen LogP contribution is -2.54. The monoisotopic (exact) mass is 723 g/mol. The minimum atomic E-state index is -1.40. The molecule has 1 aliphatic heterocycles. The minimum absolute atomic E-state index is 0.0561. The molecule has 0 spiro atoms. The van der Waals surface area contributed by atoms with E-state index in [0.717, 1.165) is 25.6 Å². The van der Waals surface area contributed by atoms with Gasteiger partial charge in [0.1, 0.15) is 11.6 Å². The molecule has 7 nitrogen and oxygen atoms in total. The molecule has 0 saturated carbocycles. The summed E-state index contributed by atoms with van der Waals surface area (Å²) in [5.41, 5.74) is 7.68. The number of rotatable bonds is 13. The van der Waals surface area contributed by atoms with Gasteiger partial charge in [0, 0.05) is 46.1 Å². The van der Waals surface area contributed by atoms with Gasteiger partial charge in [0.25, 0.3) is 5.91 Å². The minimum Gasteiger partial charge on any atom is -0.494 e. The zero-order valence-electron chi connectivity index (χ0n) is 23.8. The molecule has 10 heteroatoms. The summed E-state index contributed by atoms with van der Waals surface area (Å²) in [5.74, 6) is 0.314. The molecule has 0 bridgehead atoms. The molecule has 4 aromatic rings. The van der Waals surface area contributed by atoms with E-state index >= 15 is 0 Å². The maximum atomic E-state index is 14.3. The molecule has 5 rings (SSSR count). The number of nitrogens with zero attached hydrogens (tertiary/aromatic N) is 1. The van der Waals surface area contributed by atoms with Crippen LogP contribution in [0.1, 0.15) is 34.8 Å². The second-order valence-corrected chi connectivity index (χ2v) is 12.0. The molecule has 2 atom stereocenters. The Morgan fingerprint density at radius 3 is 2.45 bits per heavy atom. The van der Waals surface area contributed by atoms with Crippen LogP contribution in [0.25, 0.3) is 0 Å². The van der Waals surface area contributed by atoms with Gasteiger partial charge in [-0.15, -0.1) is 0 Å². The van der Waals surface area contributed by atoms with Crippen molar-refractivity contribution in [1.29, 1.82) is 0 Å². The first-order valence-electron chi connectivity index (χ1n) is 14.3. The van der Waals surface area contributed by atoms with Crippen LogP contribution in [0, 0.1) is 5.82 Å². The van der Waals surface area contributed by atoms with Crippen molar-refractivity contribution in [1.82, 2.24) is 10.9 Å². The highest BCUT2D eigenvalue weighted by atomic mass is 79.9. The summed E-state index contributed by atoms with van der Waals surface area (Å²) in [5, 5.41) is 9.05. The first-order chi connectivity index (χ1) is 21.4. The van der Waals surface area contributed by atoms with Crippen molar-refractivity contribution < 1.29 is 23.8 Å². The van der Waals surface area contributed by atoms with Gasteiger partial charge in [-0.05, 0) is 66.1 Å². The van der Waals surface area contributed by atoms with E-state index in [0.29, 0.717) is 43.2 Å². The zero-order valence-corrected chi connectivity index (χ0v) is 27.0. The first-order valence-corrected chi connectivity index (χ1v) is 15.8. The fourth-order valence-corrected chi connectivity index (χ4v) is 5.95. The highest BCUT2D eigenvalue weighted by Gasteiger charge is 2.54. The molecule has 44 heavy (non-hydrogen) atoms. The summed E-state index contributed by atoms with van der Waals surface area (Å²) in [7, 11) is 0. The molecule has 1 amide bonds. The van der Waals surface area contributed by atoms with Crippen molar-refractivity contribution in [3.05, 3.63) is 134 Å². The van der Waals surface area contributed by atoms with E-state index in [4.69, 9.17) is 19.6 Å². The van der Waals surface area contributed by atoms with Crippen LogP contribution in [0.2, 0.25) is 0 Å². The number of halogens is 3. The van der Waals surface area contributed by atoms with E-state index in [-0.39, 0.29) is 24.8 Å². The van der Waals surface area contributed by atoms with E-state index in [1.165, 1.54) is 12.1 Å². The van der Waals surface area contributed by atoms with Crippen LogP contribution in [0.15, 0.2) is 111 Å². The van der Waals surface area contributed by atoms with Crippen molar-refractivity contribution >= 4 is 43.7 Å². The predicted molar refractivity (Wildman–Crippen MR) is 175 cm³/mol. The van der Waals surface area contributed by atoms with Crippen LogP contribution in [0.5, 0.6) is 5.75 Å². The normalized spacial score (nSPS) is 17.5. The lowest BCUT2D eigenvalue weighted by atomic mass is 9.82. The molecule has 0 radical (unpaired) electrons. The third-order valence-electron chi connectivity index (χ3n) is 7.27. The molecule has 1 heterocycles. The quantitative estimate of drug-likeness (QED) is 0.109. The Bertz CT molecular complexity index is 1620. The summed E-state index contributed by atoms with van der Waals surface area (Å²) in [6, 6.07) is 29.1. The van der Waals surface area contributed by atoms with E-state index in [2.05, 4.69) is 42.7 Å². The molecule has 3 N–H and O–H groups in total. The number of amides is 1. The number of hydrogen-bond acceptors (Lipinski definition) is 6. The maximum Gasteiger partial charge on any atom is 0.266 e. The van der Waals surface area contributed by atoms with Gasteiger partial charge >= 0.3 is 0 Å². The van der Waals surface area contributed by atoms with E-state index in [9.17, 15) is 9.18 Å². The molecular weight excluding hydrogens is 693 g/mol. The van der Waals surface area contributed by atoms with Crippen LogP contribution in [0.3, 0.4) is 0 Å². The molecule has 228 valence electrons. The number of hydrogen-bond donors (Lipinski definition) is 3. The van der Waals surface area contributed by atoms with Crippen LogP contribution in [-0.2, 0) is 22.4 Å². The first kappa shape index (κ1) is 31.8. The van der Waals surface area contributed by atoms with E-state index < -0.39 is 11.6 Å². The second-order valence-electron chi connectivity index (χ2n) is 10.3. The van der Waals surface area contributed by atoms with Gasteiger partial charge in [0.05, 0.1) is 6.61 Å². The van der Waals surface area contributed by atoms with Crippen LogP contribution in [-0.4, -0.2) is 42.2 Å². The number of ether oxygens (including phenoxy) is 2. The van der Waals surface area contributed by atoms with Crippen LogP contribution in [0.4, 0.5) is 4.39 Å². The Labute approximate surface area is 272 Å². The Balaban J connectivity index is 1.49. The van der Waals surface area contributed by atoms with E-state index in [1.807, 2.05) is 78.9 Å². The fourth-order valence-electron chi connectivity index (χ4n) is 5.03. The third kappa shape index (κ3) is 7.55. The number of hydrazine groups is 1. The number of benzene rings is 4. The highest BCUT2D eigenvalue weighted by Crippen LogP contribution is 2.45. The number of carbonyl (C=O) groups excluding carboxylic acids is 1. The van der Waals surface area contributed by atoms with Gasteiger partial charge in [0.15, 0.2) is 11.6 Å². The lowest BCUT2D eigenvalue weighted by molar-refractivity contribution is -0.130. The summed E-state index contributed by atoms with van der Waals surface area (Å²) < 4.78 is 27.6. The Kier molecular flexibility index (Phi) is 10.8. The summed E-state index contributed by atoms with van der Waals surface area (Å²) >= 11 is 7.32. The third-order valence-corrected chi connectivity index (χ3v) is 8.76. The number of aliphatic imine (C=N–C) groups is 1. The van der Waals surface area contributed by atoms with Gasteiger partial charge < -0.3 is 14.6 Å². The largest absolute Gasteiger partial charge is 0.494 e. The Hall–Kier alpha value is -3.57. The standard InChI is InChI=1S/C34H32Br2FN3O4/c35-29-11-3-1-8-25(29)22-34(33(42)40-38-18-17-23-7-5-9-26(37)21-23)31(28-10-2-4-12-30(28)36)44-32(39-34)24-13-15-27(16-14-24)43-20-6-19-41/h1-5,7-16,21,31,38,41H,6,17-20,22H2,(H,40,42)/t31-,34-/m0/s1. The van der Waals surface area contributed by atoms with Gasteiger partial charge in [-0.1, -0.05) is 80.4 Å². The van der Waals surface area contributed by atoms with Gasteiger partial charge in [-0.25, -0.2) is 14.8 Å². The van der Waals surface area contributed by atoms with Crippen molar-refractivity contribution in [3.63, 3.8) is 0 Å².